The summed E-state index contributed by atoms with van der Waals surface area (Å²) >= 11 is 0. The van der Waals surface area contributed by atoms with Crippen LogP contribution in [0.1, 0.15) is 50.5 Å². The second kappa shape index (κ2) is 5.13. The zero-order valence-electron chi connectivity index (χ0n) is 13.8. The predicted molar refractivity (Wildman–Crippen MR) is 89.3 cm³/mol. The first-order valence-corrected chi connectivity index (χ1v) is 7.85. The molecular formula is C20H24O2. The number of fused-ring (bicyclic) bond motifs is 1. The summed E-state index contributed by atoms with van der Waals surface area (Å²) in [7, 11) is 0. The lowest BCUT2D eigenvalue weighted by Crippen LogP contribution is -2.37. The van der Waals surface area contributed by atoms with E-state index in [1.54, 1.807) is 0 Å². The third kappa shape index (κ3) is 2.64. The Hall–Kier alpha value is -1.80. The molecule has 2 aromatic carbocycles. The van der Waals surface area contributed by atoms with Gasteiger partial charge in [-0.2, -0.15) is 0 Å². The normalized spacial score (nSPS) is 24.0. The molecule has 0 spiro atoms. The average molecular weight is 296 g/mol. The smallest absolute Gasteiger partial charge is 0.140 e. The quantitative estimate of drug-likeness (QED) is 0.889. The largest absolute Gasteiger partial charge is 0.484 e. The molecule has 0 saturated carbocycles. The van der Waals surface area contributed by atoms with E-state index < -0.39 is 11.7 Å². The topological polar surface area (TPSA) is 29.5 Å². The SMILES string of the molecule is CC(C)(C)c1ccc(C[C@]2(C)Oc3ccccc3[C@H]2O)cc1. The maximum atomic E-state index is 10.6. The third-order valence-corrected chi connectivity index (χ3v) is 4.51. The predicted octanol–water partition coefficient (Wildman–Crippen LogP) is 4.41. The molecule has 0 aliphatic carbocycles. The lowest BCUT2D eigenvalue weighted by atomic mass is 9.84. The Morgan fingerprint density at radius 3 is 2.27 bits per heavy atom. The second-order valence-corrected chi connectivity index (χ2v) is 7.48. The van der Waals surface area contributed by atoms with Crippen LogP contribution in [0, 0.1) is 0 Å². The fourth-order valence-corrected chi connectivity index (χ4v) is 3.10. The molecule has 1 aliphatic heterocycles. The summed E-state index contributed by atoms with van der Waals surface area (Å²) in [4.78, 5) is 0. The summed E-state index contributed by atoms with van der Waals surface area (Å²) in [5.74, 6) is 0.795. The van der Waals surface area contributed by atoms with Gasteiger partial charge in [-0.15, -0.1) is 0 Å². The monoisotopic (exact) mass is 296 g/mol. The molecule has 0 unspecified atom stereocenters. The van der Waals surface area contributed by atoms with Crippen molar-refractivity contribution in [2.45, 2.75) is 51.2 Å². The molecule has 1 aliphatic rings. The van der Waals surface area contributed by atoms with Crippen LogP contribution < -0.4 is 4.74 Å². The van der Waals surface area contributed by atoms with Crippen molar-refractivity contribution >= 4 is 0 Å². The van der Waals surface area contributed by atoms with Gasteiger partial charge in [0.1, 0.15) is 17.5 Å². The van der Waals surface area contributed by atoms with Crippen molar-refractivity contribution in [1.29, 1.82) is 0 Å². The highest BCUT2D eigenvalue weighted by Gasteiger charge is 2.43. The Labute approximate surface area is 132 Å². The molecule has 1 heterocycles. The Morgan fingerprint density at radius 2 is 1.68 bits per heavy atom. The van der Waals surface area contributed by atoms with Gasteiger partial charge in [0, 0.05) is 12.0 Å². The van der Waals surface area contributed by atoms with E-state index in [1.165, 1.54) is 11.1 Å². The van der Waals surface area contributed by atoms with E-state index in [4.69, 9.17) is 4.74 Å². The van der Waals surface area contributed by atoms with Gasteiger partial charge in [0.2, 0.25) is 0 Å². The van der Waals surface area contributed by atoms with Gasteiger partial charge in [-0.05, 0) is 29.5 Å². The highest BCUT2D eigenvalue weighted by molar-refractivity contribution is 5.42. The van der Waals surface area contributed by atoms with Crippen LogP contribution in [0.4, 0.5) is 0 Å². The van der Waals surface area contributed by atoms with Gasteiger partial charge in [-0.25, -0.2) is 0 Å². The van der Waals surface area contributed by atoms with Crippen LogP contribution in [0.15, 0.2) is 48.5 Å². The van der Waals surface area contributed by atoms with Crippen LogP contribution >= 0.6 is 0 Å². The fraction of sp³-hybridized carbons (Fsp3) is 0.400. The number of hydrogen-bond donors (Lipinski definition) is 1. The van der Waals surface area contributed by atoms with Crippen LogP contribution in [0.3, 0.4) is 0 Å². The molecular weight excluding hydrogens is 272 g/mol. The van der Waals surface area contributed by atoms with Crippen LogP contribution in [-0.4, -0.2) is 10.7 Å². The van der Waals surface area contributed by atoms with Crippen molar-refractivity contribution in [2.24, 2.45) is 0 Å². The number of ether oxygens (including phenoxy) is 1. The summed E-state index contributed by atoms with van der Waals surface area (Å²) in [6.45, 7) is 8.62. The first-order chi connectivity index (χ1) is 10.3. The first-order valence-electron chi connectivity index (χ1n) is 7.85. The number of hydrogen-bond acceptors (Lipinski definition) is 2. The van der Waals surface area contributed by atoms with E-state index in [1.807, 2.05) is 31.2 Å². The summed E-state index contributed by atoms with van der Waals surface area (Å²) in [5.41, 5.74) is 2.94. The van der Waals surface area contributed by atoms with E-state index >= 15 is 0 Å². The Balaban J connectivity index is 1.82. The summed E-state index contributed by atoms with van der Waals surface area (Å²) < 4.78 is 6.06. The van der Waals surface area contributed by atoms with Crippen molar-refractivity contribution in [1.82, 2.24) is 0 Å². The molecule has 2 nitrogen and oxygen atoms in total. The maximum Gasteiger partial charge on any atom is 0.140 e. The third-order valence-electron chi connectivity index (χ3n) is 4.51. The van der Waals surface area contributed by atoms with Crippen LogP contribution in [0.5, 0.6) is 5.75 Å². The van der Waals surface area contributed by atoms with Gasteiger partial charge < -0.3 is 9.84 Å². The average Bonchev–Trinajstić information content (AvgIpc) is 2.70. The molecule has 0 bridgehead atoms. The number of rotatable bonds is 2. The molecule has 0 amide bonds. The minimum absolute atomic E-state index is 0.155. The van der Waals surface area contributed by atoms with Gasteiger partial charge in [0.05, 0.1) is 0 Å². The van der Waals surface area contributed by atoms with E-state index in [9.17, 15) is 5.11 Å². The van der Waals surface area contributed by atoms with Crippen molar-refractivity contribution in [2.75, 3.05) is 0 Å². The maximum absolute atomic E-state index is 10.6. The molecule has 2 atom stereocenters. The summed E-state index contributed by atoms with van der Waals surface area (Å²) in [6.07, 6.45) is 0.0961. The van der Waals surface area contributed by atoms with Gasteiger partial charge in [-0.1, -0.05) is 63.2 Å². The molecule has 3 rings (SSSR count). The highest BCUT2D eigenvalue weighted by atomic mass is 16.5. The van der Waals surface area contributed by atoms with Gasteiger partial charge in [0.15, 0.2) is 0 Å². The lowest BCUT2D eigenvalue weighted by molar-refractivity contribution is -0.0135. The number of aliphatic hydroxyl groups excluding tert-OH is 1. The van der Waals surface area contributed by atoms with Gasteiger partial charge in [0.25, 0.3) is 0 Å². The highest BCUT2D eigenvalue weighted by Crippen LogP contribution is 2.44. The van der Waals surface area contributed by atoms with E-state index in [0.717, 1.165) is 11.3 Å². The number of aliphatic hydroxyl groups is 1. The minimum Gasteiger partial charge on any atom is -0.484 e. The Kier molecular flexibility index (Phi) is 3.53. The zero-order chi connectivity index (χ0) is 16.0. The zero-order valence-corrected chi connectivity index (χ0v) is 13.8. The van der Waals surface area contributed by atoms with Crippen molar-refractivity contribution in [3.8, 4) is 5.75 Å². The molecule has 2 aromatic rings. The van der Waals surface area contributed by atoms with E-state index in [2.05, 4.69) is 45.0 Å². The Morgan fingerprint density at radius 1 is 1.05 bits per heavy atom. The molecule has 0 saturated heterocycles. The molecule has 2 heteroatoms. The van der Waals surface area contributed by atoms with Gasteiger partial charge in [-0.3, -0.25) is 0 Å². The lowest BCUT2D eigenvalue weighted by Gasteiger charge is -2.28. The van der Waals surface area contributed by atoms with Crippen LogP contribution in [0.2, 0.25) is 0 Å². The van der Waals surface area contributed by atoms with Crippen molar-refractivity contribution in [3.63, 3.8) is 0 Å². The summed E-state index contributed by atoms with van der Waals surface area (Å²) in [6, 6.07) is 16.4. The summed E-state index contributed by atoms with van der Waals surface area (Å²) in [5, 5.41) is 10.6. The Bertz CT molecular complexity index is 667. The number of para-hydroxylation sites is 1. The minimum atomic E-state index is -0.604. The fourth-order valence-electron chi connectivity index (χ4n) is 3.10. The molecule has 1 N–H and O–H groups in total. The van der Waals surface area contributed by atoms with E-state index in [-0.39, 0.29) is 5.41 Å². The number of benzene rings is 2. The van der Waals surface area contributed by atoms with E-state index in [0.29, 0.717) is 6.42 Å². The van der Waals surface area contributed by atoms with Gasteiger partial charge >= 0.3 is 0 Å². The first kappa shape index (κ1) is 15.1. The molecule has 0 radical (unpaired) electrons. The van der Waals surface area contributed by atoms with Crippen molar-refractivity contribution < 1.29 is 9.84 Å². The van der Waals surface area contributed by atoms with Crippen LogP contribution in [-0.2, 0) is 11.8 Å². The second-order valence-electron chi connectivity index (χ2n) is 7.48. The van der Waals surface area contributed by atoms with Crippen LogP contribution in [0.25, 0.3) is 0 Å². The molecule has 22 heavy (non-hydrogen) atoms. The molecule has 116 valence electrons. The standard InChI is InChI=1S/C20H24O2/c1-19(2,3)15-11-9-14(10-12-15)13-20(4)18(21)16-7-5-6-8-17(16)22-20/h5-12,18,21H,13H2,1-4H3/t18-,20+/m1/s1. The molecule has 0 aromatic heterocycles. The molecule has 0 fully saturated rings. The van der Waals surface area contributed by atoms with Crippen molar-refractivity contribution in [3.05, 3.63) is 65.2 Å².